The molecule has 1 N–H and O–H groups in total. The summed E-state index contributed by atoms with van der Waals surface area (Å²) in [4.78, 5) is 2.75. The average Bonchev–Trinajstić information content (AvgIpc) is 3.13. The topological polar surface area (TPSA) is 24.5 Å². The van der Waals surface area contributed by atoms with Crippen molar-refractivity contribution in [3.63, 3.8) is 0 Å². The summed E-state index contributed by atoms with van der Waals surface area (Å²) >= 11 is 0. The minimum absolute atomic E-state index is 0.445. The maximum absolute atomic E-state index is 5.77. The summed E-state index contributed by atoms with van der Waals surface area (Å²) in [6.07, 6.45) is 9.94. The van der Waals surface area contributed by atoms with Crippen LogP contribution in [-0.2, 0) is 4.74 Å². The minimum Gasteiger partial charge on any atom is -0.377 e. The first-order valence-corrected chi connectivity index (χ1v) is 9.26. The van der Waals surface area contributed by atoms with Crippen molar-refractivity contribution in [1.29, 1.82) is 0 Å². The maximum Gasteiger partial charge on any atom is 0.0726 e. The molecule has 0 radical (unpaired) electrons. The van der Waals surface area contributed by atoms with Crippen molar-refractivity contribution in [1.82, 2.24) is 10.2 Å². The Bertz CT molecular complexity index is 270. The predicted octanol–water partition coefficient (Wildman–Crippen LogP) is 3.43. The zero-order valence-electron chi connectivity index (χ0n) is 14.4. The van der Waals surface area contributed by atoms with Crippen LogP contribution in [0.2, 0.25) is 0 Å². The molecule has 21 heavy (non-hydrogen) atoms. The van der Waals surface area contributed by atoms with Gasteiger partial charge in [0.25, 0.3) is 0 Å². The molecule has 0 bridgehead atoms. The van der Waals surface area contributed by atoms with Gasteiger partial charge in [-0.05, 0) is 51.5 Å². The van der Waals surface area contributed by atoms with Crippen molar-refractivity contribution in [3.8, 4) is 0 Å². The van der Waals surface area contributed by atoms with Gasteiger partial charge < -0.3 is 10.1 Å². The highest BCUT2D eigenvalue weighted by Gasteiger charge is 2.24. The first-order valence-electron chi connectivity index (χ1n) is 9.26. The number of rotatable bonds is 9. The molecular formula is C18H36N2O. The van der Waals surface area contributed by atoms with Crippen LogP contribution in [0.3, 0.4) is 0 Å². The van der Waals surface area contributed by atoms with Gasteiger partial charge in [-0.2, -0.15) is 0 Å². The Hall–Kier alpha value is -0.120. The fourth-order valence-corrected chi connectivity index (χ4v) is 3.73. The van der Waals surface area contributed by atoms with Crippen LogP contribution in [0.1, 0.15) is 65.7 Å². The van der Waals surface area contributed by atoms with Crippen LogP contribution in [0, 0.1) is 5.92 Å². The van der Waals surface area contributed by atoms with Gasteiger partial charge in [0.2, 0.25) is 0 Å². The van der Waals surface area contributed by atoms with Gasteiger partial charge in [-0.1, -0.05) is 26.7 Å². The molecule has 0 aromatic heterocycles. The van der Waals surface area contributed by atoms with Crippen LogP contribution in [0.15, 0.2) is 0 Å². The Balaban J connectivity index is 1.69. The lowest BCUT2D eigenvalue weighted by Gasteiger charge is -2.30. The zero-order chi connectivity index (χ0) is 15.1. The number of nitrogens with one attached hydrogen (secondary N) is 1. The Morgan fingerprint density at radius 1 is 1.05 bits per heavy atom. The number of hydrogen-bond acceptors (Lipinski definition) is 3. The van der Waals surface area contributed by atoms with E-state index >= 15 is 0 Å². The van der Waals surface area contributed by atoms with E-state index in [0.29, 0.717) is 12.1 Å². The van der Waals surface area contributed by atoms with E-state index in [1.807, 2.05) is 0 Å². The van der Waals surface area contributed by atoms with Crippen LogP contribution < -0.4 is 5.32 Å². The molecule has 1 heterocycles. The number of ether oxygens (including phenoxy) is 1. The molecule has 124 valence electrons. The maximum atomic E-state index is 5.77. The van der Waals surface area contributed by atoms with Gasteiger partial charge in [0, 0.05) is 31.8 Å². The van der Waals surface area contributed by atoms with E-state index in [-0.39, 0.29) is 0 Å². The van der Waals surface area contributed by atoms with Gasteiger partial charge in [-0.15, -0.1) is 0 Å². The Morgan fingerprint density at radius 2 is 1.81 bits per heavy atom. The van der Waals surface area contributed by atoms with Crippen molar-refractivity contribution in [2.45, 2.75) is 83.9 Å². The second-order valence-corrected chi connectivity index (χ2v) is 7.45. The van der Waals surface area contributed by atoms with Crippen LogP contribution >= 0.6 is 0 Å². The molecule has 2 aliphatic rings. The van der Waals surface area contributed by atoms with E-state index in [4.69, 9.17) is 4.74 Å². The first-order chi connectivity index (χ1) is 10.2. The number of nitrogens with zero attached hydrogens (tertiary/aromatic N) is 1. The molecule has 2 atom stereocenters. The monoisotopic (exact) mass is 296 g/mol. The molecule has 0 amide bonds. The lowest BCUT2D eigenvalue weighted by Crippen LogP contribution is -2.44. The predicted molar refractivity (Wildman–Crippen MR) is 89.7 cm³/mol. The number of hydrogen-bond donors (Lipinski definition) is 1. The Kier molecular flexibility index (Phi) is 7.48. The molecule has 3 nitrogen and oxygen atoms in total. The van der Waals surface area contributed by atoms with E-state index in [1.54, 1.807) is 0 Å². The largest absolute Gasteiger partial charge is 0.377 e. The molecule has 2 rings (SSSR count). The van der Waals surface area contributed by atoms with Crippen molar-refractivity contribution in [3.05, 3.63) is 0 Å². The summed E-state index contributed by atoms with van der Waals surface area (Å²) in [5.41, 5.74) is 0. The van der Waals surface area contributed by atoms with E-state index in [2.05, 4.69) is 31.0 Å². The first kappa shape index (κ1) is 17.2. The second-order valence-electron chi connectivity index (χ2n) is 7.45. The minimum atomic E-state index is 0.445. The Morgan fingerprint density at radius 3 is 2.43 bits per heavy atom. The van der Waals surface area contributed by atoms with Crippen molar-refractivity contribution < 1.29 is 4.74 Å². The van der Waals surface area contributed by atoms with E-state index in [0.717, 1.165) is 25.1 Å². The highest BCUT2D eigenvalue weighted by atomic mass is 16.5. The third-order valence-corrected chi connectivity index (χ3v) is 5.22. The smallest absolute Gasteiger partial charge is 0.0726 e. The molecular weight excluding hydrogens is 260 g/mol. The standard InChI is InChI=1S/C18H36N2O/c1-15(2)10-12-20(17-7-4-5-8-17)13-11-19-16(3)18-9-6-14-21-18/h15-19H,4-14H2,1-3H3. The third kappa shape index (κ3) is 5.88. The quantitative estimate of drug-likeness (QED) is 0.705. The molecule has 1 saturated carbocycles. The van der Waals surface area contributed by atoms with Gasteiger partial charge in [-0.25, -0.2) is 0 Å². The van der Waals surface area contributed by atoms with Crippen LogP contribution in [0.25, 0.3) is 0 Å². The lowest BCUT2D eigenvalue weighted by atomic mass is 10.1. The highest BCUT2D eigenvalue weighted by molar-refractivity contribution is 4.80. The normalized spacial score (nSPS) is 25.3. The van der Waals surface area contributed by atoms with Gasteiger partial charge in [0.05, 0.1) is 6.10 Å². The second kappa shape index (κ2) is 9.12. The molecule has 2 unspecified atom stereocenters. The molecule has 1 aliphatic carbocycles. The van der Waals surface area contributed by atoms with Gasteiger partial charge in [0.1, 0.15) is 0 Å². The Labute approximate surface area is 131 Å². The molecule has 2 fully saturated rings. The average molecular weight is 296 g/mol. The summed E-state index contributed by atoms with van der Waals surface area (Å²) in [5, 5.41) is 3.70. The summed E-state index contributed by atoms with van der Waals surface area (Å²) in [5.74, 6) is 0.813. The molecule has 0 aromatic carbocycles. The van der Waals surface area contributed by atoms with Crippen LogP contribution in [0.4, 0.5) is 0 Å². The van der Waals surface area contributed by atoms with Gasteiger partial charge >= 0.3 is 0 Å². The van der Waals surface area contributed by atoms with E-state index in [1.165, 1.54) is 58.0 Å². The lowest BCUT2D eigenvalue weighted by molar-refractivity contribution is 0.0816. The highest BCUT2D eigenvalue weighted by Crippen LogP contribution is 2.24. The molecule has 0 spiro atoms. The summed E-state index contributed by atoms with van der Waals surface area (Å²) in [7, 11) is 0. The zero-order valence-corrected chi connectivity index (χ0v) is 14.4. The van der Waals surface area contributed by atoms with E-state index < -0.39 is 0 Å². The fourth-order valence-electron chi connectivity index (χ4n) is 3.73. The van der Waals surface area contributed by atoms with Gasteiger partial charge in [-0.3, -0.25) is 4.90 Å². The summed E-state index contributed by atoms with van der Waals surface area (Å²) in [6.45, 7) is 11.5. The summed E-state index contributed by atoms with van der Waals surface area (Å²) in [6, 6.07) is 1.35. The van der Waals surface area contributed by atoms with Crippen LogP contribution in [0.5, 0.6) is 0 Å². The third-order valence-electron chi connectivity index (χ3n) is 5.22. The SMILES string of the molecule is CC(C)CCN(CCNC(C)C1CCCO1)C1CCCC1. The molecule has 1 saturated heterocycles. The van der Waals surface area contributed by atoms with Crippen molar-refractivity contribution >= 4 is 0 Å². The van der Waals surface area contributed by atoms with Crippen LogP contribution in [-0.4, -0.2) is 49.3 Å². The molecule has 1 aliphatic heterocycles. The molecule has 3 heteroatoms. The van der Waals surface area contributed by atoms with Crippen molar-refractivity contribution in [2.24, 2.45) is 5.92 Å². The summed E-state index contributed by atoms with van der Waals surface area (Å²) < 4.78 is 5.77. The van der Waals surface area contributed by atoms with E-state index in [9.17, 15) is 0 Å². The van der Waals surface area contributed by atoms with Crippen molar-refractivity contribution in [2.75, 3.05) is 26.2 Å². The van der Waals surface area contributed by atoms with Gasteiger partial charge in [0.15, 0.2) is 0 Å². The molecule has 0 aromatic rings. The fraction of sp³-hybridized carbons (Fsp3) is 1.00.